The molecule has 5 rings (SSSR count). The van der Waals surface area contributed by atoms with Crippen molar-refractivity contribution in [2.45, 2.75) is 140 Å². The van der Waals surface area contributed by atoms with Crippen molar-refractivity contribution in [2.75, 3.05) is 38.2 Å². The molecular weight excluding hydrogens is 1190 g/mol. The summed E-state index contributed by atoms with van der Waals surface area (Å²) in [6, 6.07) is 10.8. The summed E-state index contributed by atoms with van der Waals surface area (Å²) in [5, 5.41) is 42.8. The third-order valence-corrected chi connectivity index (χ3v) is 15.0. The van der Waals surface area contributed by atoms with Gasteiger partial charge in [-0.3, -0.25) is 48.1 Å². The number of aromatic hydroxyl groups is 1. The summed E-state index contributed by atoms with van der Waals surface area (Å²) in [7, 11) is 0. The summed E-state index contributed by atoms with van der Waals surface area (Å²) in [6.07, 6.45) is 2.76. The highest BCUT2D eigenvalue weighted by molar-refractivity contribution is 7.98. The summed E-state index contributed by atoms with van der Waals surface area (Å²) >= 11 is 1.36. The number of nitrogens with one attached hydrogen (secondary N) is 9. The molecule has 486 valence electrons. The number of aliphatic hydroxyl groups is 1. The van der Waals surface area contributed by atoms with Crippen LogP contribution in [0.25, 0.3) is 10.9 Å². The van der Waals surface area contributed by atoms with Crippen LogP contribution in [0.2, 0.25) is 0 Å². The number of benzene rings is 3. The van der Waals surface area contributed by atoms with E-state index in [4.69, 9.17) is 21.9 Å². The van der Waals surface area contributed by atoms with Crippen LogP contribution in [0.4, 0.5) is 4.79 Å². The molecule has 1 fully saturated rings. The van der Waals surface area contributed by atoms with E-state index in [0.717, 1.165) is 0 Å². The first kappa shape index (κ1) is 72.8. The Bertz CT molecular complexity index is 3040. The molecule has 29 heteroatoms. The fourth-order valence-corrected chi connectivity index (χ4v) is 10.3. The number of primary amides is 1. The van der Waals surface area contributed by atoms with Gasteiger partial charge in [-0.05, 0) is 105 Å². The maximum Gasteiger partial charge on any atom is 0.408 e. The number of hydrogen-bond donors (Lipinski definition) is 14. The molecule has 4 aromatic rings. The number of thioether (sulfide) groups is 1. The average Bonchev–Trinajstić information content (AvgIpc) is 4.06. The lowest BCUT2D eigenvalue weighted by atomic mass is 10.0. The standard InChI is InChI=1S/C60H84N14O13S.ClH/c1-5-64-57(84)49-18-12-27-74(49)58(85)44(17-11-26-65-59(62)63)68-53(80)45(29-35(2)3)69-52(79)43(25-28-88-4)67-54(81)46(30-36-19-21-39(76)22-20-36)70-56(83)48(33-75)72-55(82)47(31-38-32-66-41-16-10-9-15-40(38)41)71-51(78)42(23-24-50(61)77)73-60(86)87-34-37-13-7-6-8-14-37;/h6-10,13-16,19-22,32,35,42-49,66,75-76H,5,11-12,17-18,23-31,33-34H2,1-4H3,(H2,61,77)(H,64,84)(H,67,81)(H,68,80)(H,69,79)(H,70,83)(H,71,78)(H,72,82)(H,73,86)(H4,62,63,65);1H/t42-,43+,44-,45-,46-,47-,48-,49-;/m0./s1. The molecule has 1 aliphatic rings. The van der Waals surface area contributed by atoms with Gasteiger partial charge < -0.3 is 84.6 Å². The molecular formula is C60H85ClN14O13S. The Labute approximate surface area is 527 Å². The molecule has 1 aromatic heterocycles. The number of rotatable bonds is 35. The van der Waals surface area contributed by atoms with Crippen LogP contribution in [-0.2, 0) is 67.3 Å². The number of para-hydroxylation sites is 1. The predicted molar refractivity (Wildman–Crippen MR) is 337 cm³/mol. The summed E-state index contributed by atoms with van der Waals surface area (Å²) in [5.41, 5.74) is 18.8. The Morgan fingerprint density at radius 1 is 0.697 bits per heavy atom. The number of H-pyrrole nitrogens is 1. The van der Waals surface area contributed by atoms with Gasteiger partial charge in [0.15, 0.2) is 5.96 Å². The van der Waals surface area contributed by atoms with E-state index in [-0.39, 0.29) is 107 Å². The van der Waals surface area contributed by atoms with Gasteiger partial charge in [-0.1, -0.05) is 74.5 Å². The van der Waals surface area contributed by atoms with Gasteiger partial charge in [0.2, 0.25) is 53.2 Å². The highest BCUT2D eigenvalue weighted by atomic mass is 35.5. The Balaban J connectivity index is 0.0000169. The number of nitrogens with zero attached hydrogens (tertiary/aromatic N) is 2. The SMILES string of the molecule is CCNC(=O)[C@@H]1CCCN1C(=O)[C@H](CCCN=C(N)N)NC(=O)[C@H](CC(C)C)NC(=O)[C@@H](CCSC)NC(=O)[C@H](Cc1ccc(O)cc1)NC(=O)[C@H](CO)NC(=O)[C@H](Cc1c[nH]c2ccccc12)NC(=O)[C@H](CCC(N)=O)NC(=O)OCc1ccccc1.Cl. The van der Waals surface area contributed by atoms with E-state index in [1.54, 1.807) is 74.0 Å². The van der Waals surface area contributed by atoms with Crippen molar-refractivity contribution in [3.8, 4) is 5.75 Å². The number of likely N-dealkylation sites (N-methyl/N-ethyl adjacent to an activating group) is 1. The largest absolute Gasteiger partial charge is 0.508 e. The average molecular weight is 1280 g/mol. The molecule has 17 N–H and O–H groups in total. The van der Waals surface area contributed by atoms with E-state index >= 15 is 0 Å². The Morgan fingerprint density at radius 3 is 1.90 bits per heavy atom. The summed E-state index contributed by atoms with van der Waals surface area (Å²) in [5.74, 6) is -7.06. The van der Waals surface area contributed by atoms with Crippen molar-refractivity contribution in [1.82, 2.24) is 52.4 Å². The molecule has 0 radical (unpaired) electrons. The second kappa shape index (κ2) is 37.3. The van der Waals surface area contributed by atoms with Crippen molar-refractivity contribution in [1.29, 1.82) is 0 Å². The number of guanidine groups is 1. The molecule has 0 saturated carbocycles. The van der Waals surface area contributed by atoms with Crippen molar-refractivity contribution in [3.05, 3.63) is 102 Å². The lowest BCUT2D eigenvalue weighted by molar-refractivity contribution is -0.142. The first-order chi connectivity index (χ1) is 42.1. The molecule has 27 nitrogen and oxygen atoms in total. The van der Waals surface area contributed by atoms with Crippen LogP contribution in [0.1, 0.15) is 88.8 Å². The highest BCUT2D eigenvalue weighted by Crippen LogP contribution is 2.22. The number of nitrogens with two attached hydrogens (primary N) is 3. The van der Waals surface area contributed by atoms with Gasteiger partial charge in [0, 0.05) is 56.0 Å². The second-order valence-electron chi connectivity index (χ2n) is 21.7. The monoisotopic (exact) mass is 1280 g/mol. The number of phenols is 1. The number of likely N-dealkylation sites (tertiary alicyclic amines) is 1. The topological polar surface area (TPSA) is 426 Å². The quantitative estimate of drug-likeness (QED) is 0.0170. The van der Waals surface area contributed by atoms with Gasteiger partial charge in [-0.25, -0.2) is 4.79 Å². The van der Waals surface area contributed by atoms with Crippen LogP contribution in [-0.4, -0.2) is 172 Å². The molecule has 89 heavy (non-hydrogen) atoms. The number of aliphatic hydroxyl groups excluding tert-OH is 1. The number of hydrogen-bond acceptors (Lipinski definition) is 15. The molecule has 1 aliphatic heterocycles. The number of aromatic amines is 1. The van der Waals surface area contributed by atoms with E-state index in [1.165, 1.54) is 40.9 Å². The fourth-order valence-electron chi connectivity index (χ4n) is 9.86. The third kappa shape index (κ3) is 23.8. The minimum absolute atomic E-state index is 0. The van der Waals surface area contributed by atoms with Crippen LogP contribution in [0.3, 0.4) is 0 Å². The van der Waals surface area contributed by atoms with E-state index in [1.807, 2.05) is 13.8 Å². The van der Waals surface area contributed by atoms with Crippen molar-refractivity contribution < 1.29 is 62.9 Å². The minimum atomic E-state index is -1.78. The number of phenolic OH excluding ortho intramolecular Hbond substituents is 1. The minimum Gasteiger partial charge on any atom is -0.508 e. The third-order valence-electron chi connectivity index (χ3n) is 14.4. The summed E-state index contributed by atoms with van der Waals surface area (Å²) in [4.78, 5) is 147. The molecule has 0 unspecified atom stereocenters. The zero-order valence-electron chi connectivity index (χ0n) is 50.4. The van der Waals surface area contributed by atoms with Gasteiger partial charge in [0.1, 0.15) is 60.7 Å². The molecule has 2 heterocycles. The Kier molecular flexibility index (Phi) is 30.5. The maximum absolute atomic E-state index is 14.6. The maximum atomic E-state index is 14.6. The lowest BCUT2D eigenvalue weighted by Gasteiger charge is -2.30. The highest BCUT2D eigenvalue weighted by Gasteiger charge is 2.39. The normalized spacial score (nSPS) is 15.0. The van der Waals surface area contributed by atoms with E-state index in [2.05, 4.69) is 52.5 Å². The van der Waals surface area contributed by atoms with Crippen molar-refractivity contribution in [3.63, 3.8) is 0 Å². The van der Waals surface area contributed by atoms with Crippen LogP contribution in [0.5, 0.6) is 5.75 Å². The zero-order valence-corrected chi connectivity index (χ0v) is 52.1. The summed E-state index contributed by atoms with van der Waals surface area (Å²) in [6.45, 7) is 5.01. The second-order valence-corrected chi connectivity index (χ2v) is 22.7. The number of carbonyl (C=O) groups excluding carboxylic acids is 10. The molecule has 0 aliphatic carbocycles. The van der Waals surface area contributed by atoms with Gasteiger partial charge in [-0.2, -0.15) is 11.8 Å². The lowest BCUT2D eigenvalue weighted by Crippen LogP contribution is -2.61. The van der Waals surface area contributed by atoms with Crippen molar-refractivity contribution >= 4 is 100 Å². The predicted octanol–water partition coefficient (Wildman–Crippen LogP) is 0.522. The van der Waals surface area contributed by atoms with E-state index < -0.39 is 108 Å². The molecule has 8 atom stereocenters. The van der Waals surface area contributed by atoms with Crippen molar-refractivity contribution in [2.24, 2.45) is 28.1 Å². The smallest absolute Gasteiger partial charge is 0.408 e. The number of aliphatic imine (C=N–C) groups is 1. The number of alkyl carbamates (subject to hydrolysis) is 1. The van der Waals surface area contributed by atoms with E-state index in [9.17, 15) is 58.2 Å². The molecule has 1 saturated heterocycles. The van der Waals surface area contributed by atoms with Crippen LogP contribution in [0, 0.1) is 5.92 Å². The number of amides is 10. The van der Waals surface area contributed by atoms with Crippen LogP contribution < -0.4 is 59.7 Å². The molecule has 3 aromatic carbocycles. The van der Waals surface area contributed by atoms with E-state index in [0.29, 0.717) is 52.7 Å². The van der Waals surface area contributed by atoms with Gasteiger partial charge in [0.25, 0.3) is 0 Å². The number of aromatic nitrogens is 1. The fraction of sp³-hybridized carbons (Fsp3) is 0.483. The summed E-state index contributed by atoms with van der Waals surface area (Å²) < 4.78 is 5.33. The number of carbonyl (C=O) groups is 10. The van der Waals surface area contributed by atoms with Gasteiger partial charge in [-0.15, -0.1) is 12.4 Å². The molecule has 0 spiro atoms. The number of ether oxygens (including phenoxy) is 1. The number of halogens is 1. The first-order valence-corrected chi connectivity index (χ1v) is 30.6. The Hall–Kier alpha value is -8.63. The van der Waals surface area contributed by atoms with Gasteiger partial charge in [0.05, 0.1) is 6.61 Å². The molecule has 0 bridgehead atoms. The Morgan fingerprint density at radius 2 is 1.27 bits per heavy atom. The van der Waals surface area contributed by atoms with Crippen LogP contribution >= 0.6 is 24.2 Å². The number of fused-ring (bicyclic) bond motifs is 1. The van der Waals surface area contributed by atoms with Gasteiger partial charge >= 0.3 is 6.09 Å². The molecule has 10 amide bonds. The zero-order chi connectivity index (χ0) is 64.3. The van der Waals surface area contributed by atoms with Crippen LogP contribution in [0.15, 0.2) is 90.1 Å². The first-order valence-electron chi connectivity index (χ1n) is 29.2.